The van der Waals surface area contributed by atoms with Gasteiger partial charge in [-0.15, -0.1) is 0 Å². The molecule has 1 aliphatic heterocycles. The third-order valence-corrected chi connectivity index (χ3v) is 3.87. The first-order valence-corrected chi connectivity index (χ1v) is 7.74. The van der Waals surface area contributed by atoms with Crippen LogP contribution >= 0.6 is 0 Å². The van der Waals surface area contributed by atoms with Crippen LogP contribution in [0.1, 0.15) is 45.1 Å². The molecule has 0 spiro atoms. The van der Waals surface area contributed by atoms with Crippen molar-refractivity contribution in [3.8, 4) is 0 Å². The Kier molecular flexibility index (Phi) is 5.64. The van der Waals surface area contributed by atoms with E-state index in [9.17, 15) is 0 Å². The van der Waals surface area contributed by atoms with Gasteiger partial charge < -0.3 is 10.2 Å². The van der Waals surface area contributed by atoms with Crippen molar-refractivity contribution in [2.24, 2.45) is 5.92 Å². The van der Waals surface area contributed by atoms with Crippen LogP contribution in [-0.4, -0.2) is 24.6 Å². The number of hydrogen-bond donors (Lipinski definition) is 1. The van der Waals surface area contributed by atoms with Gasteiger partial charge in [-0.3, -0.25) is 0 Å². The summed E-state index contributed by atoms with van der Waals surface area (Å²) in [6.07, 6.45) is 7.18. The average Bonchev–Trinajstić information content (AvgIpc) is 2.89. The minimum atomic E-state index is 0.873. The average molecular weight is 261 g/mol. The number of nitrogens with one attached hydrogen (secondary N) is 1. The molecule has 3 nitrogen and oxygen atoms in total. The van der Waals surface area contributed by atoms with Crippen LogP contribution in [0.15, 0.2) is 18.3 Å². The van der Waals surface area contributed by atoms with E-state index in [0.29, 0.717) is 0 Å². The van der Waals surface area contributed by atoms with Crippen molar-refractivity contribution in [1.29, 1.82) is 0 Å². The Morgan fingerprint density at radius 2 is 2.21 bits per heavy atom. The largest absolute Gasteiger partial charge is 0.356 e. The summed E-state index contributed by atoms with van der Waals surface area (Å²) in [4.78, 5) is 7.05. The molecule has 1 aromatic rings. The fraction of sp³-hybridized carbons (Fsp3) is 0.688. The van der Waals surface area contributed by atoms with E-state index in [2.05, 4.69) is 41.2 Å². The van der Waals surface area contributed by atoms with E-state index in [4.69, 9.17) is 0 Å². The van der Waals surface area contributed by atoms with Crippen molar-refractivity contribution in [2.45, 2.75) is 46.1 Å². The quantitative estimate of drug-likeness (QED) is 0.764. The van der Waals surface area contributed by atoms with Gasteiger partial charge in [-0.1, -0.05) is 26.3 Å². The highest BCUT2D eigenvalue weighted by molar-refractivity contribution is 5.40. The van der Waals surface area contributed by atoms with Crippen LogP contribution in [-0.2, 0) is 6.54 Å². The zero-order chi connectivity index (χ0) is 13.5. The van der Waals surface area contributed by atoms with E-state index in [1.807, 2.05) is 6.20 Å². The summed E-state index contributed by atoms with van der Waals surface area (Å²) in [6, 6.07) is 4.38. The molecule has 3 heteroatoms. The lowest BCUT2D eigenvalue weighted by atomic mass is 10.0. The predicted octanol–water partition coefficient (Wildman–Crippen LogP) is 3.21. The van der Waals surface area contributed by atoms with Gasteiger partial charge in [0.25, 0.3) is 0 Å². The molecule has 1 aliphatic rings. The van der Waals surface area contributed by atoms with Gasteiger partial charge in [-0.25, -0.2) is 4.98 Å². The number of hydrogen-bond acceptors (Lipinski definition) is 3. The van der Waals surface area contributed by atoms with Crippen LogP contribution in [0.5, 0.6) is 0 Å². The fourth-order valence-corrected chi connectivity index (χ4v) is 2.80. The fourth-order valence-electron chi connectivity index (χ4n) is 2.80. The number of anilines is 1. The van der Waals surface area contributed by atoms with Gasteiger partial charge in [-0.2, -0.15) is 0 Å². The SMILES string of the molecule is CCCNCc1ccc(N2CCC(CCC)C2)nc1. The summed E-state index contributed by atoms with van der Waals surface area (Å²) in [6.45, 7) is 8.83. The van der Waals surface area contributed by atoms with Crippen molar-refractivity contribution in [3.05, 3.63) is 23.9 Å². The lowest BCUT2D eigenvalue weighted by molar-refractivity contribution is 0.529. The van der Waals surface area contributed by atoms with Gasteiger partial charge in [0.2, 0.25) is 0 Å². The highest BCUT2D eigenvalue weighted by atomic mass is 15.2. The second-order valence-corrected chi connectivity index (χ2v) is 5.59. The maximum absolute atomic E-state index is 4.62. The Morgan fingerprint density at radius 1 is 1.32 bits per heavy atom. The Balaban J connectivity index is 1.85. The molecule has 1 atom stereocenters. The lowest BCUT2D eigenvalue weighted by Gasteiger charge is -2.17. The van der Waals surface area contributed by atoms with Crippen molar-refractivity contribution in [3.63, 3.8) is 0 Å². The Bertz CT molecular complexity index is 361. The van der Waals surface area contributed by atoms with Gasteiger partial charge in [0.1, 0.15) is 5.82 Å². The topological polar surface area (TPSA) is 28.2 Å². The Labute approximate surface area is 117 Å². The van der Waals surface area contributed by atoms with Crippen molar-refractivity contribution >= 4 is 5.82 Å². The smallest absolute Gasteiger partial charge is 0.128 e. The number of pyridine rings is 1. The molecule has 0 aliphatic carbocycles. The van der Waals surface area contributed by atoms with Gasteiger partial charge in [0.15, 0.2) is 0 Å². The molecule has 0 bridgehead atoms. The summed E-state index contributed by atoms with van der Waals surface area (Å²) in [5.74, 6) is 2.02. The third kappa shape index (κ3) is 4.20. The van der Waals surface area contributed by atoms with Crippen molar-refractivity contribution in [1.82, 2.24) is 10.3 Å². The van der Waals surface area contributed by atoms with Crippen LogP contribution in [0.4, 0.5) is 5.82 Å². The van der Waals surface area contributed by atoms with Crippen molar-refractivity contribution in [2.75, 3.05) is 24.5 Å². The standard InChI is InChI=1S/C16H27N3/c1-3-5-14-8-10-19(13-14)16-7-6-15(12-18-16)11-17-9-4-2/h6-7,12,14,17H,3-5,8-11,13H2,1-2H3. The molecular weight excluding hydrogens is 234 g/mol. The second kappa shape index (κ2) is 7.49. The van der Waals surface area contributed by atoms with Crippen LogP contribution in [0.25, 0.3) is 0 Å². The molecule has 106 valence electrons. The number of rotatable bonds is 7. The first kappa shape index (κ1) is 14.3. The van der Waals surface area contributed by atoms with Gasteiger partial charge >= 0.3 is 0 Å². The minimum absolute atomic E-state index is 0.873. The lowest BCUT2D eigenvalue weighted by Crippen LogP contribution is -2.21. The molecule has 1 saturated heterocycles. The summed E-state index contributed by atoms with van der Waals surface area (Å²) >= 11 is 0. The summed E-state index contributed by atoms with van der Waals surface area (Å²) < 4.78 is 0. The Morgan fingerprint density at radius 3 is 2.89 bits per heavy atom. The van der Waals surface area contributed by atoms with Gasteiger partial charge in [-0.05, 0) is 43.4 Å². The Hall–Kier alpha value is -1.09. The van der Waals surface area contributed by atoms with E-state index < -0.39 is 0 Å². The highest BCUT2D eigenvalue weighted by Crippen LogP contribution is 2.25. The zero-order valence-electron chi connectivity index (χ0n) is 12.4. The molecule has 2 rings (SSSR count). The van der Waals surface area contributed by atoms with E-state index in [1.165, 1.54) is 44.3 Å². The zero-order valence-corrected chi connectivity index (χ0v) is 12.4. The highest BCUT2D eigenvalue weighted by Gasteiger charge is 2.22. The molecule has 1 fully saturated rings. The predicted molar refractivity (Wildman–Crippen MR) is 81.5 cm³/mol. The molecule has 1 N–H and O–H groups in total. The second-order valence-electron chi connectivity index (χ2n) is 5.59. The van der Waals surface area contributed by atoms with E-state index in [0.717, 1.165) is 24.8 Å². The normalized spacial score (nSPS) is 19.1. The maximum atomic E-state index is 4.62. The van der Waals surface area contributed by atoms with Crippen molar-refractivity contribution < 1.29 is 0 Å². The van der Waals surface area contributed by atoms with Gasteiger partial charge in [0, 0.05) is 25.8 Å². The maximum Gasteiger partial charge on any atom is 0.128 e. The third-order valence-electron chi connectivity index (χ3n) is 3.87. The first-order valence-electron chi connectivity index (χ1n) is 7.74. The van der Waals surface area contributed by atoms with Crippen LogP contribution in [0.3, 0.4) is 0 Å². The molecule has 0 aromatic carbocycles. The molecule has 19 heavy (non-hydrogen) atoms. The van der Waals surface area contributed by atoms with E-state index >= 15 is 0 Å². The molecule has 0 saturated carbocycles. The molecule has 2 heterocycles. The van der Waals surface area contributed by atoms with Crippen LogP contribution in [0, 0.1) is 5.92 Å². The summed E-state index contributed by atoms with van der Waals surface area (Å²) in [7, 11) is 0. The van der Waals surface area contributed by atoms with E-state index in [1.54, 1.807) is 0 Å². The monoisotopic (exact) mass is 261 g/mol. The number of aromatic nitrogens is 1. The van der Waals surface area contributed by atoms with Crippen LogP contribution < -0.4 is 10.2 Å². The molecule has 1 aromatic heterocycles. The molecule has 1 unspecified atom stereocenters. The van der Waals surface area contributed by atoms with Crippen LogP contribution in [0.2, 0.25) is 0 Å². The minimum Gasteiger partial charge on any atom is -0.356 e. The first-order chi connectivity index (χ1) is 9.33. The molecule has 0 amide bonds. The summed E-state index contributed by atoms with van der Waals surface area (Å²) in [5, 5.41) is 3.41. The van der Waals surface area contributed by atoms with Gasteiger partial charge in [0.05, 0.1) is 0 Å². The molecular formula is C16H27N3. The van der Waals surface area contributed by atoms with E-state index in [-0.39, 0.29) is 0 Å². The summed E-state index contributed by atoms with van der Waals surface area (Å²) in [5.41, 5.74) is 1.28. The molecule has 0 radical (unpaired) electrons. The number of nitrogens with zero attached hydrogens (tertiary/aromatic N) is 2.